The summed E-state index contributed by atoms with van der Waals surface area (Å²) >= 11 is 0. The van der Waals surface area contributed by atoms with Crippen LogP contribution < -0.4 is 5.32 Å². The molecule has 1 N–H and O–H groups in total. The van der Waals surface area contributed by atoms with Crippen molar-refractivity contribution in [3.8, 4) is 0 Å². The first kappa shape index (κ1) is 13.6. The van der Waals surface area contributed by atoms with E-state index in [1.54, 1.807) is 0 Å². The number of aromatic nitrogens is 2. The van der Waals surface area contributed by atoms with E-state index < -0.39 is 0 Å². The van der Waals surface area contributed by atoms with E-state index in [1.165, 1.54) is 0 Å². The highest BCUT2D eigenvalue weighted by Gasteiger charge is 2.12. The van der Waals surface area contributed by atoms with E-state index in [0.717, 1.165) is 29.8 Å². The van der Waals surface area contributed by atoms with Gasteiger partial charge >= 0.3 is 0 Å². The fourth-order valence-electron chi connectivity index (χ4n) is 2.10. The predicted molar refractivity (Wildman–Crippen MR) is 76.7 cm³/mol. The number of benzene rings is 1. The lowest BCUT2D eigenvalue weighted by molar-refractivity contribution is -0.124. The van der Waals surface area contributed by atoms with Gasteiger partial charge in [-0.05, 0) is 18.6 Å². The van der Waals surface area contributed by atoms with Crippen molar-refractivity contribution >= 4 is 16.9 Å². The van der Waals surface area contributed by atoms with Gasteiger partial charge in [0.15, 0.2) is 0 Å². The van der Waals surface area contributed by atoms with Crippen LogP contribution in [0.3, 0.4) is 0 Å². The zero-order valence-electron chi connectivity index (χ0n) is 11.8. The summed E-state index contributed by atoms with van der Waals surface area (Å²) in [5.74, 6) is 0.996. The molecule has 0 saturated heterocycles. The van der Waals surface area contributed by atoms with E-state index in [4.69, 9.17) is 0 Å². The highest BCUT2D eigenvalue weighted by Crippen LogP contribution is 2.16. The van der Waals surface area contributed by atoms with Gasteiger partial charge in [-0.15, -0.1) is 0 Å². The van der Waals surface area contributed by atoms with Crippen molar-refractivity contribution in [2.45, 2.75) is 40.3 Å². The first-order valence-corrected chi connectivity index (χ1v) is 6.85. The van der Waals surface area contributed by atoms with Crippen LogP contribution in [0, 0.1) is 5.92 Å². The summed E-state index contributed by atoms with van der Waals surface area (Å²) in [4.78, 5) is 16.3. The van der Waals surface area contributed by atoms with Crippen LogP contribution in [-0.2, 0) is 17.9 Å². The molecule has 0 saturated carbocycles. The quantitative estimate of drug-likeness (QED) is 0.897. The first-order valence-electron chi connectivity index (χ1n) is 6.85. The Balaban J connectivity index is 2.26. The van der Waals surface area contributed by atoms with E-state index in [2.05, 4.69) is 27.9 Å². The van der Waals surface area contributed by atoms with Gasteiger partial charge in [0.25, 0.3) is 0 Å². The van der Waals surface area contributed by atoms with Crippen LogP contribution in [0.2, 0.25) is 0 Å². The number of hydrogen-bond acceptors (Lipinski definition) is 2. The SMILES string of the molecule is CCCn1c(CNC(=O)C(C)C)nc2ccccc21. The van der Waals surface area contributed by atoms with Crippen molar-refractivity contribution in [2.75, 3.05) is 0 Å². The van der Waals surface area contributed by atoms with Gasteiger partial charge in [0, 0.05) is 12.5 Å². The zero-order valence-corrected chi connectivity index (χ0v) is 11.8. The molecule has 0 spiro atoms. The fraction of sp³-hybridized carbons (Fsp3) is 0.467. The second-order valence-electron chi connectivity index (χ2n) is 5.04. The molecule has 0 atom stereocenters. The van der Waals surface area contributed by atoms with Crippen molar-refractivity contribution in [2.24, 2.45) is 5.92 Å². The van der Waals surface area contributed by atoms with Crippen LogP contribution in [0.25, 0.3) is 11.0 Å². The standard InChI is InChI=1S/C15H21N3O/c1-4-9-18-13-8-6-5-7-12(13)17-14(18)10-16-15(19)11(2)3/h5-8,11H,4,9-10H2,1-3H3,(H,16,19). The number of carbonyl (C=O) groups is 1. The second-order valence-corrected chi connectivity index (χ2v) is 5.04. The van der Waals surface area contributed by atoms with E-state index in [-0.39, 0.29) is 11.8 Å². The van der Waals surface area contributed by atoms with Gasteiger partial charge in [-0.1, -0.05) is 32.9 Å². The van der Waals surface area contributed by atoms with Crippen LogP contribution in [-0.4, -0.2) is 15.5 Å². The molecule has 1 heterocycles. The van der Waals surface area contributed by atoms with Gasteiger partial charge in [0.2, 0.25) is 5.91 Å². The molecule has 0 aliphatic heterocycles. The zero-order chi connectivity index (χ0) is 13.8. The molecule has 1 aromatic carbocycles. The number of nitrogens with one attached hydrogen (secondary N) is 1. The van der Waals surface area contributed by atoms with Crippen LogP contribution >= 0.6 is 0 Å². The number of amides is 1. The number of aryl methyl sites for hydroxylation is 1. The number of carbonyl (C=O) groups excluding carboxylic acids is 1. The summed E-state index contributed by atoms with van der Waals surface area (Å²) in [7, 11) is 0. The van der Waals surface area contributed by atoms with Crippen LogP contribution in [0.15, 0.2) is 24.3 Å². The second kappa shape index (κ2) is 5.87. The molecule has 19 heavy (non-hydrogen) atoms. The lowest BCUT2D eigenvalue weighted by Crippen LogP contribution is -2.28. The lowest BCUT2D eigenvalue weighted by Gasteiger charge is -2.10. The molecule has 0 aliphatic rings. The van der Waals surface area contributed by atoms with Crippen molar-refractivity contribution in [1.29, 1.82) is 0 Å². The molecule has 0 aliphatic carbocycles. The number of rotatable bonds is 5. The molecular formula is C15H21N3O. The van der Waals surface area contributed by atoms with Gasteiger partial charge in [-0.2, -0.15) is 0 Å². The van der Waals surface area contributed by atoms with E-state index in [0.29, 0.717) is 6.54 Å². The molecule has 0 unspecified atom stereocenters. The Kier molecular flexibility index (Phi) is 4.20. The summed E-state index contributed by atoms with van der Waals surface area (Å²) in [5, 5.41) is 2.94. The van der Waals surface area contributed by atoms with Crippen LogP contribution in [0.5, 0.6) is 0 Å². The summed E-state index contributed by atoms with van der Waals surface area (Å²) in [6, 6.07) is 8.09. The number of fused-ring (bicyclic) bond motifs is 1. The van der Waals surface area contributed by atoms with Crippen molar-refractivity contribution in [3.63, 3.8) is 0 Å². The summed E-state index contributed by atoms with van der Waals surface area (Å²) in [5.41, 5.74) is 2.13. The number of hydrogen-bond donors (Lipinski definition) is 1. The average molecular weight is 259 g/mol. The normalized spacial score (nSPS) is 11.2. The Hall–Kier alpha value is -1.84. The van der Waals surface area contributed by atoms with Gasteiger partial charge in [-0.3, -0.25) is 4.79 Å². The van der Waals surface area contributed by atoms with Crippen LogP contribution in [0.1, 0.15) is 33.0 Å². The Morgan fingerprint density at radius 3 is 2.79 bits per heavy atom. The van der Waals surface area contributed by atoms with Gasteiger partial charge < -0.3 is 9.88 Å². The highest BCUT2D eigenvalue weighted by molar-refractivity contribution is 5.78. The number of para-hydroxylation sites is 2. The molecule has 4 heteroatoms. The van der Waals surface area contributed by atoms with Crippen molar-refractivity contribution in [1.82, 2.24) is 14.9 Å². The minimum Gasteiger partial charge on any atom is -0.349 e. The molecule has 0 bridgehead atoms. The van der Waals surface area contributed by atoms with Crippen molar-refractivity contribution in [3.05, 3.63) is 30.1 Å². The first-order chi connectivity index (χ1) is 9.13. The molecular weight excluding hydrogens is 238 g/mol. The van der Waals surface area contributed by atoms with Crippen molar-refractivity contribution < 1.29 is 4.79 Å². The Morgan fingerprint density at radius 2 is 2.11 bits per heavy atom. The third kappa shape index (κ3) is 2.95. The Labute approximate surface area is 113 Å². The lowest BCUT2D eigenvalue weighted by atomic mass is 10.2. The van der Waals surface area contributed by atoms with Gasteiger partial charge in [0.05, 0.1) is 17.6 Å². The summed E-state index contributed by atoms with van der Waals surface area (Å²) in [6.07, 6.45) is 1.05. The smallest absolute Gasteiger partial charge is 0.222 e. The van der Waals surface area contributed by atoms with E-state index in [1.807, 2.05) is 32.0 Å². The third-order valence-electron chi connectivity index (χ3n) is 3.13. The van der Waals surface area contributed by atoms with Crippen LogP contribution in [0.4, 0.5) is 0 Å². The van der Waals surface area contributed by atoms with Gasteiger partial charge in [-0.25, -0.2) is 4.98 Å². The maximum atomic E-state index is 11.7. The minimum absolute atomic E-state index is 0.00371. The minimum atomic E-state index is 0.00371. The average Bonchev–Trinajstić information content (AvgIpc) is 2.75. The predicted octanol–water partition coefficient (Wildman–Crippen LogP) is 2.72. The summed E-state index contributed by atoms with van der Waals surface area (Å²) < 4.78 is 2.19. The number of nitrogens with zero attached hydrogens (tertiary/aromatic N) is 2. The topological polar surface area (TPSA) is 46.9 Å². The van der Waals surface area contributed by atoms with E-state index >= 15 is 0 Å². The molecule has 2 rings (SSSR count). The number of imidazole rings is 1. The molecule has 2 aromatic rings. The molecule has 4 nitrogen and oxygen atoms in total. The maximum Gasteiger partial charge on any atom is 0.222 e. The Morgan fingerprint density at radius 1 is 1.37 bits per heavy atom. The van der Waals surface area contributed by atoms with E-state index in [9.17, 15) is 4.79 Å². The third-order valence-corrected chi connectivity index (χ3v) is 3.13. The monoisotopic (exact) mass is 259 g/mol. The molecule has 1 amide bonds. The fourth-order valence-corrected chi connectivity index (χ4v) is 2.10. The molecule has 102 valence electrons. The molecule has 0 radical (unpaired) electrons. The molecule has 0 fully saturated rings. The molecule has 1 aromatic heterocycles. The maximum absolute atomic E-state index is 11.7. The summed E-state index contributed by atoms with van der Waals surface area (Å²) in [6.45, 7) is 7.35. The largest absolute Gasteiger partial charge is 0.349 e. The highest BCUT2D eigenvalue weighted by atomic mass is 16.1. The Bertz CT molecular complexity index is 572. The van der Waals surface area contributed by atoms with Gasteiger partial charge in [0.1, 0.15) is 5.82 Å².